The summed E-state index contributed by atoms with van der Waals surface area (Å²) in [6.45, 7) is 3.35. The van der Waals surface area contributed by atoms with E-state index in [2.05, 4.69) is 5.32 Å². The van der Waals surface area contributed by atoms with Gasteiger partial charge in [0, 0.05) is 12.1 Å². The average Bonchev–Trinajstić information content (AvgIpc) is 2.39. The summed E-state index contributed by atoms with van der Waals surface area (Å²) in [4.78, 5) is 33.3. The lowest BCUT2D eigenvalue weighted by molar-refractivity contribution is -0.139. The van der Waals surface area contributed by atoms with Gasteiger partial charge in [-0.25, -0.2) is 0 Å². The number of nitrogens with one attached hydrogen (secondary N) is 2. The molecule has 1 amide bonds. The van der Waals surface area contributed by atoms with Gasteiger partial charge in [0.1, 0.15) is 0 Å². The van der Waals surface area contributed by atoms with Crippen LogP contribution in [0.2, 0.25) is 0 Å². The summed E-state index contributed by atoms with van der Waals surface area (Å²) < 4.78 is 0. The third-order valence-electron chi connectivity index (χ3n) is 3.04. The molecule has 0 bridgehead atoms. The van der Waals surface area contributed by atoms with Crippen molar-refractivity contribution in [3.63, 3.8) is 0 Å². The topological polar surface area (TPSA) is 107 Å². The second-order valence-corrected chi connectivity index (χ2v) is 4.83. The van der Waals surface area contributed by atoms with Crippen molar-refractivity contribution >= 4 is 23.4 Å². The van der Waals surface area contributed by atoms with Crippen molar-refractivity contribution in [1.29, 1.82) is 5.41 Å². The van der Waals surface area contributed by atoms with Crippen molar-refractivity contribution < 1.29 is 19.5 Å². The molecule has 0 saturated carbocycles. The van der Waals surface area contributed by atoms with E-state index in [-0.39, 0.29) is 18.6 Å². The van der Waals surface area contributed by atoms with Gasteiger partial charge in [-0.15, -0.1) is 0 Å². The molecule has 0 aromatic rings. The monoisotopic (exact) mass is 284 g/mol. The number of amides is 1. The summed E-state index contributed by atoms with van der Waals surface area (Å²) in [6, 6.07) is -0.549. The van der Waals surface area contributed by atoms with E-state index < -0.39 is 17.9 Å². The normalized spacial score (nSPS) is 11.7. The van der Waals surface area contributed by atoms with E-state index in [0.29, 0.717) is 18.6 Å². The molecule has 6 nitrogen and oxygen atoms in total. The Morgan fingerprint density at radius 2 is 1.80 bits per heavy atom. The van der Waals surface area contributed by atoms with Crippen LogP contribution < -0.4 is 5.32 Å². The molecule has 0 unspecified atom stereocenters. The largest absolute Gasteiger partial charge is 0.481 e. The van der Waals surface area contributed by atoms with Gasteiger partial charge in [0.05, 0.1) is 12.5 Å². The average molecular weight is 284 g/mol. The molecule has 20 heavy (non-hydrogen) atoms. The summed E-state index contributed by atoms with van der Waals surface area (Å²) >= 11 is 0. The van der Waals surface area contributed by atoms with E-state index in [1.807, 2.05) is 6.92 Å². The summed E-state index contributed by atoms with van der Waals surface area (Å²) in [6.07, 6.45) is 3.22. The Labute approximate surface area is 119 Å². The van der Waals surface area contributed by atoms with Crippen LogP contribution in [0.25, 0.3) is 0 Å². The van der Waals surface area contributed by atoms with Crippen LogP contribution >= 0.6 is 0 Å². The number of carboxylic acids is 1. The number of unbranched alkanes of at least 4 members (excludes halogenated alkanes) is 1. The molecule has 3 N–H and O–H groups in total. The minimum absolute atomic E-state index is 0.112. The first-order valence-corrected chi connectivity index (χ1v) is 6.94. The highest BCUT2D eigenvalue weighted by atomic mass is 16.4. The van der Waals surface area contributed by atoms with E-state index in [1.165, 1.54) is 6.92 Å². The standard InChI is InChI=1S/C14H24N2O4/c1-3-11(15)6-4-5-7-12(10(2)17)16-13(18)8-9-14(19)20/h12,15H,3-9H2,1-2H3,(H,16,18)(H,19,20)/t12-/m0/s1. The fourth-order valence-corrected chi connectivity index (χ4v) is 1.73. The van der Waals surface area contributed by atoms with Crippen molar-refractivity contribution in [1.82, 2.24) is 5.32 Å². The molecule has 0 aromatic carbocycles. The molecule has 0 aliphatic carbocycles. The lowest BCUT2D eigenvalue weighted by Crippen LogP contribution is -2.39. The predicted octanol–water partition coefficient (Wildman–Crippen LogP) is 1.92. The molecule has 0 radical (unpaired) electrons. The van der Waals surface area contributed by atoms with Crippen LogP contribution in [0.4, 0.5) is 0 Å². The first kappa shape index (κ1) is 18.3. The lowest BCUT2D eigenvalue weighted by atomic mass is 10.0. The molecule has 0 aliphatic heterocycles. The Morgan fingerprint density at radius 1 is 1.15 bits per heavy atom. The van der Waals surface area contributed by atoms with Gasteiger partial charge in [0.2, 0.25) is 5.91 Å². The number of carbonyl (C=O) groups excluding carboxylic acids is 2. The maximum atomic E-state index is 11.5. The number of Topliss-reactive ketones (excluding diaryl/α,β-unsaturated/α-hetero) is 1. The third-order valence-corrected chi connectivity index (χ3v) is 3.04. The molecular formula is C14H24N2O4. The predicted molar refractivity (Wildman–Crippen MR) is 76.0 cm³/mol. The molecule has 1 atom stereocenters. The highest BCUT2D eigenvalue weighted by molar-refractivity contribution is 5.88. The number of aliphatic carboxylic acids is 1. The lowest BCUT2D eigenvalue weighted by Gasteiger charge is -2.15. The van der Waals surface area contributed by atoms with E-state index >= 15 is 0 Å². The Bertz CT molecular complexity index is 366. The van der Waals surface area contributed by atoms with Gasteiger partial charge in [-0.2, -0.15) is 0 Å². The minimum Gasteiger partial charge on any atom is -0.481 e. The van der Waals surface area contributed by atoms with Crippen molar-refractivity contribution in [2.75, 3.05) is 0 Å². The van der Waals surface area contributed by atoms with E-state index in [0.717, 1.165) is 19.3 Å². The molecule has 0 aliphatic rings. The molecule has 0 aromatic heterocycles. The smallest absolute Gasteiger partial charge is 0.303 e. The fraction of sp³-hybridized carbons (Fsp3) is 0.714. The maximum Gasteiger partial charge on any atom is 0.303 e. The zero-order valence-electron chi connectivity index (χ0n) is 12.2. The van der Waals surface area contributed by atoms with Crippen LogP contribution in [0.3, 0.4) is 0 Å². The van der Waals surface area contributed by atoms with Gasteiger partial charge in [-0.05, 0) is 32.6 Å². The first-order valence-electron chi connectivity index (χ1n) is 6.94. The van der Waals surface area contributed by atoms with Gasteiger partial charge in [0.25, 0.3) is 0 Å². The maximum absolute atomic E-state index is 11.5. The molecule has 0 spiro atoms. The Hall–Kier alpha value is -1.72. The zero-order valence-corrected chi connectivity index (χ0v) is 12.2. The summed E-state index contributed by atoms with van der Waals surface area (Å²) in [7, 11) is 0. The molecular weight excluding hydrogens is 260 g/mol. The zero-order chi connectivity index (χ0) is 15.5. The van der Waals surface area contributed by atoms with Crippen LogP contribution in [0.1, 0.15) is 58.8 Å². The Kier molecular flexibility index (Phi) is 9.24. The van der Waals surface area contributed by atoms with Crippen molar-refractivity contribution in [2.24, 2.45) is 0 Å². The number of hydrogen-bond acceptors (Lipinski definition) is 4. The second kappa shape index (κ2) is 10.1. The number of carboxylic acid groups (broad SMARTS) is 1. The van der Waals surface area contributed by atoms with Crippen LogP contribution in [0.15, 0.2) is 0 Å². The van der Waals surface area contributed by atoms with E-state index in [1.54, 1.807) is 0 Å². The quantitative estimate of drug-likeness (QED) is 0.398. The van der Waals surface area contributed by atoms with Crippen LogP contribution in [0.5, 0.6) is 0 Å². The van der Waals surface area contributed by atoms with E-state index in [4.69, 9.17) is 10.5 Å². The highest BCUT2D eigenvalue weighted by Crippen LogP contribution is 2.07. The van der Waals surface area contributed by atoms with Gasteiger partial charge < -0.3 is 15.8 Å². The van der Waals surface area contributed by atoms with Gasteiger partial charge in [-0.1, -0.05) is 13.3 Å². The number of rotatable bonds is 11. The highest BCUT2D eigenvalue weighted by Gasteiger charge is 2.17. The third kappa shape index (κ3) is 9.24. The van der Waals surface area contributed by atoms with Crippen LogP contribution in [0, 0.1) is 5.41 Å². The minimum atomic E-state index is -1.03. The van der Waals surface area contributed by atoms with Crippen LogP contribution in [-0.4, -0.2) is 34.5 Å². The fourth-order valence-electron chi connectivity index (χ4n) is 1.73. The second-order valence-electron chi connectivity index (χ2n) is 4.83. The molecule has 0 rings (SSSR count). The molecule has 0 heterocycles. The molecule has 114 valence electrons. The van der Waals surface area contributed by atoms with E-state index in [9.17, 15) is 14.4 Å². The van der Waals surface area contributed by atoms with Crippen LogP contribution in [-0.2, 0) is 14.4 Å². The summed E-state index contributed by atoms with van der Waals surface area (Å²) in [5.74, 6) is -1.56. The van der Waals surface area contributed by atoms with Gasteiger partial charge >= 0.3 is 5.97 Å². The number of carbonyl (C=O) groups is 3. The van der Waals surface area contributed by atoms with Gasteiger partial charge in [-0.3, -0.25) is 14.4 Å². The summed E-state index contributed by atoms with van der Waals surface area (Å²) in [5.41, 5.74) is 0.690. The molecule has 0 saturated heterocycles. The van der Waals surface area contributed by atoms with Crippen molar-refractivity contribution in [3.8, 4) is 0 Å². The van der Waals surface area contributed by atoms with Gasteiger partial charge in [0.15, 0.2) is 5.78 Å². The van der Waals surface area contributed by atoms with Crippen molar-refractivity contribution in [3.05, 3.63) is 0 Å². The summed E-state index contributed by atoms with van der Waals surface area (Å²) in [5, 5.41) is 18.6. The number of hydrogen-bond donors (Lipinski definition) is 3. The SMILES string of the molecule is CCC(=N)CCCC[C@H](NC(=O)CCC(=O)O)C(C)=O. The molecule has 0 fully saturated rings. The van der Waals surface area contributed by atoms with Crippen molar-refractivity contribution in [2.45, 2.75) is 64.8 Å². The first-order chi connectivity index (χ1) is 9.36. The Morgan fingerprint density at radius 3 is 2.30 bits per heavy atom. The molecule has 6 heteroatoms. The Balaban J connectivity index is 4.04. The number of ketones is 1.